The average Bonchev–Trinajstić information content (AvgIpc) is 2.50. The van der Waals surface area contributed by atoms with Crippen LogP contribution >= 0.6 is 0 Å². The first-order valence-electron chi connectivity index (χ1n) is 6.54. The first-order chi connectivity index (χ1) is 10.1. The van der Waals surface area contributed by atoms with E-state index in [2.05, 4.69) is 4.98 Å². The minimum atomic E-state index is -1.16. The summed E-state index contributed by atoms with van der Waals surface area (Å²) in [5, 5.41) is 11.3. The van der Waals surface area contributed by atoms with Crippen LogP contribution in [0.5, 0.6) is 0 Å². The number of hydrogen-bond donors (Lipinski definition) is 1. The number of aliphatic hydroxyl groups is 1. The zero-order valence-corrected chi connectivity index (χ0v) is 11.3. The van der Waals surface area contributed by atoms with Gasteiger partial charge in [0.25, 0.3) is 0 Å². The minimum absolute atomic E-state index is 0.0594. The van der Waals surface area contributed by atoms with E-state index in [4.69, 9.17) is 0 Å². The van der Waals surface area contributed by atoms with Crippen molar-refractivity contribution in [2.75, 3.05) is 0 Å². The summed E-state index contributed by atoms with van der Waals surface area (Å²) in [5.74, 6) is -1.38. The maximum Gasteiger partial charge on any atom is 0.132 e. The largest absolute Gasteiger partial charge is 0.384 e. The van der Waals surface area contributed by atoms with Gasteiger partial charge in [-0.05, 0) is 36.2 Å². The first-order valence-corrected chi connectivity index (χ1v) is 6.54. The van der Waals surface area contributed by atoms with Crippen LogP contribution in [0.3, 0.4) is 0 Å². The smallest absolute Gasteiger partial charge is 0.132 e. The van der Waals surface area contributed by atoms with Crippen molar-refractivity contribution in [3.8, 4) is 0 Å². The third kappa shape index (κ3) is 2.50. The van der Waals surface area contributed by atoms with Crippen LogP contribution in [0, 0.1) is 18.6 Å². The molecule has 1 unspecified atom stereocenters. The molecule has 0 amide bonds. The van der Waals surface area contributed by atoms with Gasteiger partial charge in [-0.2, -0.15) is 0 Å². The fourth-order valence-corrected chi connectivity index (χ4v) is 2.32. The molecule has 3 rings (SSSR count). The molecule has 4 heteroatoms. The van der Waals surface area contributed by atoms with E-state index in [0.717, 1.165) is 11.5 Å². The van der Waals surface area contributed by atoms with E-state index in [1.807, 2.05) is 18.2 Å². The van der Waals surface area contributed by atoms with Crippen molar-refractivity contribution in [3.05, 3.63) is 77.0 Å². The molecule has 0 aliphatic heterocycles. The van der Waals surface area contributed by atoms with Crippen molar-refractivity contribution in [1.82, 2.24) is 4.98 Å². The molecule has 0 fully saturated rings. The van der Waals surface area contributed by atoms with Crippen LogP contribution in [0.2, 0.25) is 0 Å². The molecule has 1 N–H and O–H groups in total. The third-order valence-electron chi connectivity index (χ3n) is 3.52. The Hall–Kier alpha value is -2.33. The summed E-state index contributed by atoms with van der Waals surface area (Å²) in [6, 6.07) is 11.1. The number of aliphatic hydroxyl groups excluding tert-OH is 1. The van der Waals surface area contributed by atoms with Gasteiger partial charge in [-0.15, -0.1) is 0 Å². The number of benzene rings is 2. The second-order valence-electron chi connectivity index (χ2n) is 4.98. The van der Waals surface area contributed by atoms with Crippen LogP contribution in [0.4, 0.5) is 8.78 Å². The lowest BCUT2D eigenvalue weighted by Crippen LogP contribution is -2.04. The number of pyridine rings is 1. The van der Waals surface area contributed by atoms with Crippen molar-refractivity contribution in [3.63, 3.8) is 0 Å². The molecular formula is C17H13F2NO. The number of aromatic nitrogens is 1. The zero-order chi connectivity index (χ0) is 15.0. The highest BCUT2D eigenvalue weighted by Crippen LogP contribution is 2.28. The fourth-order valence-electron chi connectivity index (χ4n) is 2.32. The Bertz CT molecular complexity index is 817. The Labute approximate surface area is 120 Å². The molecule has 21 heavy (non-hydrogen) atoms. The molecule has 106 valence electrons. The summed E-state index contributed by atoms with van der Waals surface area (Å²) in [4.78, 5) is 4.21. The van der Waals surface area contributed by atoms with Crippen LogP contribution in [0.1, 0.15) is 22.8 Å². The zero-order valence-electron chi connectivity index (χ0n) is 11.3. The highest BCUT2D eigenvalue weighted by molar-refractivity contribution is 5.79. The maximum atomic E-state index is 13.9. The second kappa shape index (κ2) is 5.22. The first kappa shape index (κ1) is 13.6. The quantitative estimate of drug-likeness (QED) is 0.774. The third-order valence-corrected chi connectivity index (χ3v) is 3.52. The molecule has 1 atom stereocenters. The number of aryl methyl sites for hydroxylation is 1. The lowest BCUT2D eigenvalue weighted by Gasteiger charge is -2.14. The van der Waals surface area contributed by atoms with E-state index in [1.54, 1.807) is 18.3 Å². The van der Waals surface area contributed by atoms with E-state index in [9.17, 15) is 13.9 Å². The number of halogens is 2. The molecule has 0 saturated carbocycles. The highest BCUT2D eigenvalue weighted by Gasteiger charge is 2.17. The van der Waals surface area contributed by atoms with Crippen molar-refractivity contribution >= 4 is 10.9 Å². The van der Waals surface area contributed by atoms with Crippen molar-refractivity contribution < 1.29 is 13.9 Å². The Morgan fingerprint density at radius 3 is 2.67 bits per heavy atom. The lowest BCUT2D eigenvalue weighted by molar-refractivity contribution is 0.214. The van der Waals surface area contributed by atoms with E-state index >= 15 is 0 Å². The molecule has 0 bridgehead atoms. The summed E-state index contributed by atoms with van der Waals surface area (Å²) < 4.78 is 27.2. The second-order valence-corrected chi connectivity index (χ2v) is 4.98. The minimum Gasteiger partial charge on any atom is -0.384 e. The molecule has 0 saturated heterocycles. The molecule has 2 aromatic carbocycles. The number of nitrogens with zero attached hydrogens (tertiary/aromatic N) is 1. The Morgan fingerprint density at radius 1 is 1.05 bits per heavy atom. The van der Waals surface area contributed by atoms with E-state index in [1.165, 1.54) is 13.0 Å². The van der Waals surface area contributed by atoms with Gasteiger partial charge < -0.3 is 5.11 Å². The summed E-state index contributed by atoms with van der Waals surface area (Å²) >= 11 is 0. The van der Waals surface area contributed by atoms with Crippen LogP contribution in [-0.4, -0.2) is 10.1 Å². The Balaban J connectivity index is 2.07. The molecule has 0 spiro atoms. The van der Waals surface area contributed by atoms with Crippen molar-refractivity contribution in [1.29, 1.82) is 0 Å². The predicted octanol–water partition coefficient (Wildman–Crippen LogP) is 3.90. The fraction of sp³-hybridized carbons (Fsp3) is 0.118. The van der Waals surface area contributed by atoms with Gasteiger partial charge in [0, 0.05) is 23.2 Å². The Kier molecular flexibility index (Phi) is 3.39. The molecule has 2 nitrogen and oxygen atoms in total. The van der Waals surface area contributed by atoms with E-state index < -0.39 is 17.7 Å². The molecule has 1 heterocycles. The summed E-state index contributed by atoms with van der Waals surface area (Å²) in [7, 11) is 0. The molecule has 0 radical (unpaired) electrons. The van der Waals surface area contributed by atoms with Gasteiger partial charge in [0.05, 0.1) is 5.52 Å². The van der Waals surface area contributed by atoms with Gasteiger partial charge in [0.1, 0.15) is 17.7 Å². The Morgan fingerprint density at radius 2 is 1.86 bits per heavy atom. The van der Waals surface area contributed by atoms with Gasteiger partial charge in [0.15, 0.2) is 0 Å². The molecule has 3 aromatic rings. The van der Waals surface area contributed by atoms with Crippen LogP contribution < -0.4 is 0 Å². The van der Waals surface area contributed by atoms with Crippen LogP contribution in [-0.2, 0) is 0 Å². The van der Waals surface area contributed by atoms with Crippen LogP contribution in [0.25, 0.3) is 10.9 Å². The van der Waals surface area contributed by atoms with Gasteiger partial charge in [-0.25, -0.2) is 8.78 Å². The highest BCUT2D eigenvalue weighted by atomic mass is 19.1. The lowest BCUT2D eigenvalue weighted by atomic mass is 9.98. The molecule has 0 aliphatic rings. The normalized spacial score (nSPS) is 12.6. The number of fused-ring (bicyclic) bond motifs is 1. The van der Waals surface area contributed by atoms with Crippen LogP contribution in [0.15, 0.2) is 48.7 Å². The monoisotopic (exact) mass is 285 g/mol. The summed E-state index contributed by atoms with van der Waals surface area (Å²) in [6.07, 6.45) is 0.497. The topological polar surface area (TPSA) is 33.1 Å². The molecular weight excluding hydrogens is 272 g/mol. The van der Waals surface area contributed by atoms with Gasteiger partial charge in [-0.1, -0.05) is 18.2 Å². The van der Waals surface area contributed by atoms with Gasteiger partial charge in [0.2, 0.25) is 0 Å². The standard InChI is InChI=1S/C17H13F2NO/c1-10-7-13(15(19)9-14(10)18)17(21)12-5-4-11-3-2-6-20-16(11)8-12/h2-9,17,21H,1H3. The van der Waals surface area contributed by atoms with Crippen molar-refractivity contribution in [2.45, 2.75) is 13.0 Å². The van der Waals surface area contributed by atoms with Crippen molar-refractivity contribution in [2.24, 2.45) is 0 Å². The SMILES string of the molecule is Cc1cc(C(O)c2ccc3cccnc3c2)c(F)cc1F. The van der Waals surface area contributed by atoms with Gasteiger partial charge >= 0.3 is 0 Å². The summed E-state index contributed by atoms with van der Waals surface area (Å²) in [5.41, 5.74) is 1.59. The average molecular weight is 285 g/mol. The van der Waals surface area contributed by atoms with Gasteiger partial charge in [-0.3, -0.25) is 4.98 Å². The van der Waals surface area contributed by atoms with E-state index in [-0.39, 0.29) is 5.56 Å². The maximum absolute atomic E-state index is 13.9. The molecule has 1 aromatic heterocycles. The van der Waals surface area contributed by atoms with E-state index in [0.29, 0.717) is 16.6 Å². The number of rotatable bonds is 2. The number of hydrogen-bond acceptors (Lipinski definition) is 2. The summed E-state index contributed by atoms with van der Waals surface area (Å²) in [6.45, 7) is 1.53. The molecule has 0 aliphatic carbocycles. The predicted molar refractivity (Wildman–Crippen MR) is 76.9 cm³/mol.